The van der Waals surface area contributed by atoms with Gasteiger partial charge in [-0.15, -0.1) is 11.3 Å². The molecule has 0 N–H and O–H groups in total. The van der Waals surface area contributed by atoms with E-state index in [2.05, 4.69) is 11.9 Å². The van der Waals surface area contributed by atoms with E-state index in [0.29, 0.717) is 18.1 Å². The van der Waals surface area contributed by atoms with Crippen LogP contribution < -0.4 is 0 Å². The standard InChI is InChI=1S/C12H14N2OS/c1-8(9-2-3-9)11(15)6-10-7-14-4-5-16-12(14)13-10/h4-5,7-9H,2-3,6H2,1H3. The first-order valence-electron chi connectivity index (χ1n) is 5.68. The Bertz CT molecular complexity index is 495. The van der Waals surface area contributed by atoms with Crippen molar-refractivity contribution in [3.8, 4) is 0 Å². The average Bonchev–Trinajstić information content (AvgIpc) is 2.90. The van der Waals surface area contributed by atoms with E-state index in [1.807, 2.05) is 22.2 Å². The third-order valence-electron chi connectivity index (χ3n) is 3.34. The highest BCUT2D eigenvalue weighted by Gasteiger charge is 2.32. The number of ketones is 1. The fourth-order valence-corrected chi connectivity index (χ4v) is 2.78. The third-order valence-corrected chi connectivity index (χ3v) is 4.11. The van der Waals surface area contributed by atoms with Crippen molar-refractivity contribution in [2.45, 2.75) is 26.2 Å². The summed E-state index contributed by atoms with van der Waals surface area (Å²) in [5, 5.41) is 2.00. The molecule has 4 heteroatoms. The van der Waals surface area contributed by atoms with Crippen molar-refractivity contribution >= 4 is 22.1 Å². The van der Waals surface area contributed by atoms with Crippen molar-refractivity contribution in [3.63, 3.8) is 0 Å². The highest BCUT2D eigenvalue weighted by molar-refractivity contribution is 7.15. The molecule has 3 nitrogen and oxygen atoms in total. The fraction of sp³-hybridized carbons (Fsp3) is 0.500. The number of rotatable bonds is 4. The minimum absolute atomic E-state index is 0.222. The van der Waals surface area contributed by atoms with Gasteiger partial charge in [0.1, 0.15) is 5.78 Å². The van der Waals surface area contributed by atoms with Crippen LogP contribution in [0, 0.1) is 11.8 Å². The Labute approximate surface area is 98.1 Å². The van der Waals surface area contributed by atoms with Crippen molar-refractivity contribution < 1.29 is 4.79 Å². The van der Waals surface area contributed by atoms with Crippen LogP contribution in [0.2, 0.25) is 0 Å². The van der Waals surface area contributed by atoms with Crippen molar-refractivity contribution in [2.24, 2.45) is 11.8 Å². The fourth-order valence-electron chi connectivity index (χ4n) is 2.06. The molecule has 2 aromatic heterocycles. The maximum absolute atomic E-state index is 11.9. The molecular formula is C12H14N2OS. The topological polar surface area (TPSA) is 34.4 Å². The maximum Gasteiger partial charge on any atom is 0.193 e. The summed E-state index contributed by atoms with van der Waals surface area (Å²) in [6.07, 6.45) is 6.89. The predicted octanol–water partition coefficient (Wildman–Crippen LogP) is 2.55. The number of thiazole rings is 1. The van der Waals surface area contributed by atoms with E-state index in [-0.39, 0.29) is 5.92 Å². The summed E-state index contributed by atoms with van der Waals surface area (Å²) in [5.74, 6) is 1.21. The highest BCUT2D eigenvalue weighted by Crippen LogP contribution is 2.37. The van der Waals surface area contributed by atoms with Crippen molar-refractivity contribution in [1.29, 1.82) is 0 Å². The van der Waals surface area contributed by atoms with Gasteiger partial charge in [0, 0.05) is 23.7 Å². The second kappa shape index (κ2) is 3.70. The predicted molar refractivity (Wildman–Crippen MR) is 63.7 cm³/mol. The summed E-state index contributed by atoms with van der Waals surface area (Å²) in [5.41, 5.74) is 0.907. The van der Waals surface area contributed by atoms with Crippen LogP contribution in [0.4, 0.5) is 0 Å². The van der Waals surface area contributed by atoms with E-state index in [1.54, 1.807) is 11.3 Å². The van der Waals surface area contributed by atoms with Crippen LogP contribution in [-0.2, 0) is 11.2 Å². The molecule has 84 valence electrons. The van der Waals surface area contributed by atoms with Crippen LogP contribution in [0.15, 0.2) is 17.8 Å². The summed E-state index contributed by atoms with van der Waals surface area (Å²) in [4.78, 5) is 17.4. The number of carbonyl (C=O) groups excluding carboxylic acids is 1. The molecule has 0 aromatic carbocycles. The quantitative estimate of drug-likeness (QED) is 0.814. The molecule has 16 heavy (non-hydrogen) atoms. The number of imidazole rings is 1. The molecule has 0 bridgehead atoms. The number of fused-ring (bicyclic) bond motifs is 1. The Kier molecular flexibility index (Phi) is 2.32. The second-order valence-corrected chi connectivity index (χ2v) is 5.47. The van der Waals surface area contributed by atoms with Crippen LogP contribution in [0.5, 0.6) is 0 Å². The van der Waals surface area contributed by atoms with Crippen molar-refractivity contribution in [3.05, 3.63) is 23.5 Å². The molecule has 0 spiro atoms. The van der Waals surface area contributed by atoms with Gasteiger partial charge in [0.25, 0.3) is 0 Å². The minimum atomic E-state index is 0.222. The van der Waals surface area contributed by atoms with Gasteiger partial charge in [0.15, 0.2) is 4.96 Å². The van der Waals surface area contributed by atoms with Gasteiger partial charge in [-0.3, -0.25) is 9.20 Å². The maximum atomic E-state index is 11.9. The van der Waals surface area contributed by atoms with E-state index in [1.165, 1.54) is 12.8 Å². The number of nitrogens with zero attached hydrogens (tertiary/aromatic N) is 2. The molecule has 0 saturated heterocycles. The van der Waals surface area contributed by atoms with Crippen LogP contribution in [-0.4, -0.2) is 15.2 Å². The van der Waals surface area contributed by atoms with Gasteiger partial charge in [-0.25, -0.2) is 4.98 Å². The first-order chi connectivity index (χ1) is 7.74. The Morgan fingerprint density at radius 3 is 3.19 bits per heavy atom. The van der Waals surface area contributed by atoms with Crippen molar-refractivity contribution in [2.75, 3.05) is 0 Å². The molecule has 1 saturated carbocycles. The first-order valence-corrected chi connectivity index (χ1v) is 6.56. The summed E-state index contributed by atoms with van der Waals surface area (Å²) in [6.45, 7) is 2.05. The Morgan fingerprint density at radius 1 is 1.69 bits per heavy atom. The van der Waals surface area contributed by atoms with Crippen molar-refractivity contribution in [1.82, 2.24) is 9.38 Å². The average molecular weight is 234 g/mol. The van der Waals surface area contributed by atoms with E-state index in [4.69, 9.17) is 0 Å². The normalized spacial score (nSPS) is 17.8. The molecule has 1 aliphatic rings. The molecule has 0 aliphatic heterocycles. The minimum Gasteiger partial charge on any atom is -0.299 e. The Hall–Kier alpha value is -1.16. The lowest BCUT2D eigenvalue weighted by molar-refractivity contribution is -0.122. The molecule has 1 unspecified atom stereocenters. The third kappa shape index (κ3) is 1.78. The Balaban J connectivity index is 1.73. The van der Waals surface area contributed by atoms with E-state index < -0.39 is 0 Å². The summed E-state index contributed by atoms with van der Waals surface area (Å²) >= 11 is 1.60. The largest absolute Gasteiger partial charge is 0.299 e. The van der Waals surface area contributed by atoms with Gasteiger partial charge in [0.05, 0.1) is 12.1 Å². The number of carbonyl (C=O) groups is 1. The number of Topliss-reactive ketones (excluding diaryl/α,β-unsaturated/α-hetero) is 1. The van der Waals surface area contributed by atoms with Crippen LogP contribution in [0.1, 0.15) is 25.5 Å². The number of hydrogen-bond donors (Lipinski definition) is 0. The lowest BCUT2D eigenvalue weighted by atomic mass is 9.98. The smallest absolute Gasteiger partial charge is 0.193 e. The van der Waals surface area contributed by atoms with Gasteiger partial charge in [-0.1, -0.05) is 6.92 Å². The summed E-state index contributed by atoms with van der Waals surface area (Å²) < 4.78 is 1.98. The number of aromatic nitrogens is 2. The van der Waals surface area contributed by atoms with Crippen LogP contribution in [0.25, 0.3) is 4.96 Å². The SMILES string of the molecule is CC(C(=O)Cc1cn2ccsc2n1)C1CC1. The molecule has 0 radical (unpaired) electrons. The highest BCUT2D eigenvalue weighted by atomic mass is 32.1. The van der Waals surface area contributed by atoms with Crippen LogP contribution in [0.3, 0.4) is 0 Å². The van der Waals surface area contributed by atoms with Gasteiger partial charge in [-0.2, -0.15) is 0 Å². The molecule has 3 rings (SSSR count). The summed E-state index contributed by atoms with van der Waals surface area (Å²) in [7, 11) is 0. The Morgan fingerprint density at radius 2 is 2.50 bits per heavy atom. The lowest BCUT2D eigenvalue weighted by Gasteiger charge is -2.06. The molecule has 1 atom stereocenters. The zero-order chi connectivity index (χ0) is 11.1. The van der Waals surface area contributed by atoms with E-state index in [9.17, 15) is 4.79 Å². The lowest BCUT2D eigenvalue weighted by Crippen LogP contribution is -2.15. The monoisotopic (exact) mass is 234 g/mol. The molecule has 2 aromatic rings. The molecule has 0 amide bonds. The molecule has 1 aliphatic carbocycles. The van der Waals surface area contributed by atoms with Gasteiger partial charge >= 0.3 is 0 Å². The molecule has 2 heterocycles. The summed E-state index contributed by atoms with van der Waals surface area (Å²) in [6, 6.07) is 0. The zero-order valence-electron chi connectivity index (χ0n) is 9.22. The van der Waals surface area contributed by atoms with Gasteiger partial charge < -0.3 is 0 Å². The van der Waals surface area contributed by atoms with E-state index in [0.717, 1.165) is 10.7 Å². The van der Waals surface area contributed by atoms with E-state index >= 15 is 0 Å². The van der Waals surface area contributed by atoms with Gasteiger partial charge in [-0.05, 0) is 18.8 Å². The second-order valence-electron chi connectivity index (χ2n) is 4.59. The molecule has 1 fully saturated rings. The number of hydrogen-bond acceptors (Lipinski definition) is 3. The first kappa shape index (κ1) is 10.0. The van der Waals surface area contributed by atoms with Crippen LogP contribution >= 0.6 is 11.3 Å². The zero-order valence-corrected chi connectivity index (χ0v) is 10.0. The molecular weight excluding hydrogens is 220 g/mol. The van der Waals surface area contributed by atoms with Gasteiger partial charge in [0.2, 0.25) is 0 Å².